The molecule has 1 aliphatic heterocycles. The molecule has 0 saturated carbocycles. The van der Waals surface area contributed by atoms with E-state index < -0.39 is 5.97 Å². The molecule has 1 aromatic heterocycles. The molecule has 2 N–H and O–H groups in total. The molecule has 0 aliphatic carbocycles. The van der Waals surface area contributed by atoms with E-state index in [2.05, 4.69) is 15.1 Å². The van der Waals surface area contributed by atoms with Crippen LogP contribution >= 0.6 is 0 Å². The van der Waals surface area contributed by atoms with Gasteiger partial charge in [0.25, 0.3) is 0 Å². The number of fused-ring (bicyclic) bond motifs is 1. The first-order chi connectivity index (χ1) is 9.74. The summed E-state index contributed by atoms with van der Waals surface area (Å²) in [6, 6.07) is 5.35. The predicted molar refractivity (Wildman–Crippen MR) is 74.2 cm³/mol. The van der Waals surface area contributed by atoms with Gasteiger partial charge in [-0.05, 0) is 44.1 Å². The molecule has 0 amide bonds. The largest absolute Gasteiger partial charge is 0.492 e. The van der Waals surface area contributed by atoms with Crippen LogP contribution in [0.2, 0.25) is 0 Å². The molecule has 0 radical (unpaired) electrons. The van der Waals surface area contributed by atoms with Crippen LogP contribution in [0.15, 0.2) is 18.2 Å². The van der Waals surface area contributed by atoms with E-state index in [0.717, 1.165) is 19.6 Å². The van der Waals surface area contributed by atoms with Crippen LogP contribution in [0.3, 0.4) is 0 Å². The van der Waals surface area contributed by atoms with Gasteiger partial charge in [-0.15, -0.1) is 0 Å². The Balaban J connectivity index is 1.68. The van der Waals surface area contributed by atoms with Crippen molar-refractivity contribution in [2.45, 2.75) is 12.8 Å². The van der Waals surface area contributed by atoms with Gasteiger partial charge in [0, 0.05) is 11.9 Å². The number of aromatic nitrogens is 2. The Morgan fingerprint density at radius 2 is 2.20 bits per heavy atom. The van der Waals surface area contributed by atoms with Crippen LogP contribution in [0, 0.1) is 0 Å². The number of nitrogens with one attached hydrogen (secondary N) is 1. The molecule has 6 heteroatoms. The average Bonchev–Trinajstić information content (AvgIpc) is 3.06. The lowest BCUT2D eigenvalue weighted by molar-refractivity contribution is 0.0692. The molecule has 1 aromatic carbocycles. The van der Waals surface area contributed by atoms with Crippen molar-refractivity contribution >= 4 is 16.9 Å². The summed E-state index contributed by atoms with van der Waals surface area (Å²) < 4.78 is 5.70. The first kappa shape index (κ1) is 12.9. The normalized spacial score (nSPS) is 15.8. The summed E-state index contributed by atoms with van der Waals surface area (Å²) in [7, 11) is 0. The Morgan fingerprint density at radius 1 is 1.40 bits per heavy atom. The number of carboxylic acids is 1. The third-order valence-electron chi connectivity index (χ3n) is 3.61. The Bertz CT molecular complexity index is 617. The molecular formula is C14H17N3O3. The first-order valence-electron chi connectivity index (χ1n) is 6.80. The predicted octanol–water partition coefficient (Wildman–Crippen LogP) is 1.74. The number of hydrogen-bond donors (Lipinski definition) is 2. The van der Waals surface area contributed by atoms with E-state index in [9.17, 15) is 4.79 Å². The maximum absolute atomic E-state index is 11.0. The monoisotopic (exact) mass is 275 g/mol. The summed E-state index contributed by atoms with van der Waals surface area (Å²) in [5.41, 5.74) is 0.735. The highest BCUT2D eigenvalue weighted by Crippen LogP contribution is 2.22. The van der Waals surface area contributed by atoms with Crippen molar-refractivity contribution in [2.24, 2.45) is 0 Å². The van der Waals surface area contributed by atoms with E-state index in [-0.39, 0.29) is 5.69 Å². The number of nitrogens with zero attached hydrogens (tertiary/aromatic N) is 2. The molecule has 0 atom stereocenters. The summed E-state index contributed by atoms with van der Waals surface area (Å²) >= 11 is 0. The van der Waals surface area contributed by atoms with Gasteiger partial charge in [0.2, 0.25) is 0 Å². The van der Waals surface area contributed by atoms with Crippen LogP contribution in [0.4, 0.5) is 0 Å². The molecule has 1 saturated heterocycles. The number of ether oxygens (including phenoxy) is 1. The number of carbonyl (C=O) groups is 1. The number of aromatic amines is 1. The Hall–Kier alpha value is -2.08. The fourth-order valence-corrected chi connectivity index (χ4v) is 2.54. The second-order valence-electron chi connectivity index (χ2n) is 4.98. The molecule has 3 rings (SSSR count). The van der Waals surface area contributed by atoms with Crippen molar-refractivity contribution in [1.82, 2.24) is 15.1 Å². The van der Waals surface area contributed by atoms with E-state index in [4.69, 9.17) is 9.84 Å². The van der Waals surface area contributed by atoms with Crippen LogP contribution in [0.25, 0.3) is 10.9 Å². The minimum Gasteiger partial charge on any atom is -0.492 e. The highest BCUT2D eigenvalue weighted by atomic mass is 16.5. The Kier molecular flexibility index (Phi) is 3.56. The summed E-state index contributed by atoms with van der Waals surface area (Å²) in [6.07, 6.45) is 2.53. The molecule has 0 unspecified atom stereocenters. The molecule has 2 heterocycles. The second kappa shape index (κ2) is 5.50. The van der Waals surface area contributed by atoms with E-state index >= 15 is 0 Å². The van der Waals surface area contributed by atoms with E-state index in [0.29, 0.717) is 23.3 Å². The third-order valence-corrected chi connectivity index (χ3v) is 3.61. The fraction of sp³-hybridized carbons (Fsp3) is 0.429. The van der Waals surface area contributed by atoms with Gasteiger partial charge in [0.1, 0.15) is 12.4 Å². The van der Waals surface area contributed by atoms with Gasteiger partial charge >= 0.3 is 5.97 Å². The van der Waals surface area contributed by atoms with Crippen molar-refractivity contribution in [2.75, 3.05) is 26.2 Å². The van der Waals surface area contributed by atoms with Crippen LogP contribution in [-0.2, 0) is 0 Å². The maximum atomic E-state index is 11.0. The summed E-state index contributed by atoms with van der Waals surface area (Å²) in [6.45, 7) is 3.82. The first-order valence-corrected chi connectivity index (χ1v) is 6.80. The lowest BCUT2D eigenvalue weighted by atomic mass is 10.2. The van der Waals surface area contributed by atoms with Crippen LogP contribution in [0.1, 0.15) is 23.3 Å². The number of rotatable bonds is 5. The van der Waals surface area contributed by atoms with Gasteiger partial charge in [-0.1, -0.05) is 0 Å². The number of benzene rings is 1. The van der Waals surface area contributed by atoms with Crippen molar-refractivity contribution in [1.29, 1.82) is 0 Å². The third kappa shape index (κ3) is 2.60. The number of aromatic carboxylic acids is 1. The van der Waals surface area contributed by atoms with Crippen LogP contribution in [0.5, 0.6) is 5.75 Å². The topological polar surface area (TPSA) is 78.4 Å². The van der Waals surface area contributed by atoms with Crippen molar-refractivity contribution in [3.05, 3.63) is 23.9 Å². The Morgan fingerprint density at radius 3 is 2.95 bits per heavy atom. The SMILES string of the molecule is O=C(O)c1n[nH]c2ccc(OCCN3CCCC3)cc12. The van der Waals surface area contributed by atoms with Crippen LogP contribution < -0.4 is 4.74 Å². The maximum Gasteiger partial charge on any atom is 0.357 e. The molecule has 1 aliphatic rings. The lowest BCUT2D eigenvalue weighted by Gasteiger charge is -2.14. The van der Waals surface area contributed by atoms with E-state index in [1.54, 1.807) is 12.1 Å². The zero-order valence-corrected chi connectivity index (χ0v) is 11.1. The number of hydrogen-bond acceptors (Lipinski definition) is 4. The van der Waals surface area contributed by atoms with Gasteiger partial charge in [-0.2, -0.15) is 5.10 Å². The second-order valence-corrected chi connectivity index (χ2v) is 4.98. The minimum atomic E-state index is -1.04. The van der Waals surface area contributed by atoms with Gasteiger partial charge in [0.15, 0.2) is 5.69 Å². The van der Waals surface area contributed by atoms with E-state index in [1.165, 1.54) is 12.8 Å². The molecule has 0 bridgehead atoms. The van der Waals surface area contributed by atoms with Gasteiger partial charge in [-0.3, -0.25) is 10.00 Å². The smallest absolute Gasteiger partial charge is 0.357 e. The zero-order chi connectivity index (χ0) is 13.9. The summed E-state index contributed by atoms with van der Waals surface area (Å²) in [5.74, 6) is -0.355. The van der Waals surface area contributed by atoms with Crippen molar-refractivity contribution < 1.29 is 14.6 Å². The minimum absolute atomic E-state index is 0.0324. The molecule has 6 nitrogen and oxygen atoms in total. The molecule has 2 aromatic rings. The highest BCUT2D eigenvalue weighted by Gasteiger charge is 2.14. The molecular weight excluding hydrogens is 258 g/mol. The lowest BCUT2D eigenvalue weighted by Crippen LogP contribution is -2.25. The quantitative estimate of drug-likeness (QED) is 0.869. The molecule has 0 spiro atoms. The van der Waals surface area contributed by atoms with Crippen LogP contribution in [-0.4, -0.2) is 52.4 Å². The van der Waals surface area contributed by atoms with Crippen molar-refractivity contribution in [3.8, 4) is 5.75 Å². The van der Waals surface area contributed by atoms with Crippen molar-refractivity contribution in [3.63, 3.8) is 0 Å². The standard InChI is InChI=1S/C14H17N3O3/c18-14(19)13-11-9-10(3-4-12(11)15-16-13)20-8-7-17-5-1-2-6-17/h3-4,9H,1-2,5-8H2,(H,15,16)(H,18,19). The number of carboxylic acid groups (broad SMARTS) is 1. The van der Waals surface area contributed by atoms with Gasteiger partial charge in [0.05, 0.1) is 5.52 Å². The number of H-pyrrole nitrogens is 1. The average molecular weight is 275 g/mol. The van der Waals surface area contributed by atoms with E-state index in [1.807, 2.05) is 6.07 Å². The Labute approximate surface area is 116 Å². The zero-order valence-electron chi connectivity index (χ0n) is 11.1. The van der Waals surface area contributed by atoms with Gasteiger partial charge in [-0.25, -0.2) is 4.79 Å². The molecule has 20 heavy (non-hydrogen) atoms. The molecule has 106 valence electrons. The number of likely N-dealkylation sites (tertiary alicyclic amines) is 1. The highest BCUT2D eigenvalue weighted by molar-refractivity contribution is 6.01. The fourth-order valence-electron chi connectivity index (χ4n) is 2.54. The van der Waals surface area contributed by atoms with Gasteiger partial charge < -0.3 is 9.84 Å². The summed E-state index contributed by atoms with van der Waals surface area (Å²) in [4.78, 5) is 13.4. The summed E-state index contributed by atoms with van der Waals surface area (Å²) in [5, 5.41) is 16.1. The molecule has 1 fully saturated rings.